The number of carbonyl (C=O) groups is 2. The minimum absolute atomic E-state index is 0.00966. The Balaban J connectivity index is 1.78. The van der Waals surface area contributed by atoms with E-state index < -0.39 is 6.10 Å². The third kappa shape index (κ3) is 2.87. The zero-order chi connectivity index (χ0) is 14.8. The Morgan fingerprint density at radius 1 is 1.29 bits per heavy atom. The number of pyridine rings is 1. The first-order valence-electron chi connectivity index (χ1n) is 6.34. The maximum absolute atomic E-state index is 12.2. The number of ether oxygens (including phenoxy) is 1. The van der Waals surface area contributed by atoms with E-state index in [9.17, 15) is 9.59 Å². The number of nitrogens with zero attached hydrogens (tertiary/aromatic N) is 1. The van der Waals surface area contributed by atoms with Crippen molar-refractivity contribution in [3.05, 3.63) is 53.3 Å². The van der Waals surface area contributed by atoms with Crippen LogP contribution in [0.15, 0.2) is 42.7 Å². The molecule has 106 valence electrons. The van der Waals surface area contributed by atoms with E-state index in [0.29, 0.717) is 22.0 Å². The van der Waals surface area contributed by atoms with Crippen LogP contribution in [0.2, 0.25) is 5.02 Å². The summed E-state index contributed by atoms with van der Waals surface area (Å²) in [5.74, 6) is -0.144. The molecular weight excluding hydrogens is 292 g/mol. The number of fused-ring (bicyclic) bond motifs is 1. The monoisotopic (exact) mass is 302 g/mol. The average molecular weight is 303 g/mol. The van der Waals surface area contributed by atoms with Crippen molar-refractivity contribution < 1.29 is 14.3 Å². The molecule has 5 nitrogen and oxygen atoms in total. The zero-order valence-corrected chi connectivity index (χ0v) is 11.6. The van der Waals surface area contributed by atoms with Crippen molar-refractivity contribution in [3.63, 3.8) is 0 Å². The van der Waals surface area contributed by atoms with E-state index in [-0.39, 0.29) is 18.1 Å². The molecule has 1 aromatic heterocycles. The van der Waals surface area contributed by atoms with Crippen LogP contribution in [0, 0.1) is 0 Å². The SMILES string of the molecule is O=C1CC(C(=O)Nc2ccncc2)Oc2ccc(Cl)cc21. The van der Waals surface area contributed by atoms with Crippen molar-refractivity contribution in [1.29, 1.82) is 0 Å². The van der Waals surface area contributed by atoms with E-state index in [1.165, 1.54) is 0 Å². The van der Waals surface area contributed by atoms with Crippen LogP contribution in [0.1, 0.15) is 16.8 Å². The molecule has 2 heterocycles. The van der Waals surface area contributed by atoms with Gasteiger partial charge < -0.3 is 10.1 Å². The van der Waals surface area contributed by atoms with Crippen molar-refractivity contribution in [2.45, 2.75) is 12.5 Å². The average Bonchev–Trinajstić information content (AvgIpc) is 2.49. The first kappa shape index (κ1) is 13.6. The summed E-state index contributed by atoms with van der Waals surface area (Å²) in [7, 11) is 0. The van der Waals surface area contributed by atoms with E-state index in [1.54, 1.807) is 42.7 Å². The summed E-state index contributed by atoms with van der Waals surface area (Å²) < 4.78 is 5.58. The molecule has 1 aliphatic rings. The Kier molecular flexibility index (Phi) is 3.58. The van der Waals surface area contributed by atoms with Gasteiger partial charge >= 0.3 is 0 Å². The molecule has 1 aromatic carbocycles. The van der Waals surface area contributed by atoms with Crippen LogP contribution in [0.3, 0.4) is 0 Å². The van der Waals surface area contributed by atoms with Gasteiger partial charge in [0, 0.05) is 23.1 Å². The van der Waals surface area contributed by atoms with Crippen LogP contribution in [-0.4, -0.2) is 22.8 Å². The zero-order valence-electron chi connectivity index (χ0n) is 10.9. The molecule has 0 fully saturated rings. The number of rotatable bonds is 2. The maximum Gasteiger partial charge on any atom is 0.265 e. The highest BCUT2D eigenvalue weighted by molar-refractivity contribution is 6.31. The predicted octanol–water partition coefficient (Wildman–Crippen LogP) is 2.71. The van der Waals surface area contributed by atoms with Gasteiger partial charge in [0.2, 0.25) is 0 Å². The maximum atomic E-state index is 12.2. The van der Waals surface area contributed by atoms with Crippen molar-refractivity contribution in [2.75, 3.05) is 5.32 Å². The number of carbonyl (C=O) groups excluding carboxylic acids is 2. The smallest absolute Gasteiger partial charge is 0.265 e. The quantitative estimate of drug-likeness (QED) is 0.926. The number of halogens is 1. The van der Waals surface area contributed by atoms with Gasteiger partial charge in [0.25, 0.3) is 5.91 Å². The molecule has 21 heavy (non-hydrogen) atoms. The van der Waals surface area contributed by atoms with E-state index in [1.807, 2.05) is 0 Å². The van der Waals surface area contributed by atoms with Crippen LogP contribution in [-0.2, 0) is 4.79 Å². The third-order valence-electron chi connectivity index (χ3n) is 3.12. The third-order valence-corrected chi connectivity index (χ3v) is 3.36. The van der Waals surface area contributed by atoms with Crippen LogP contribution in [0.5, 0.6) is 5.75 Å². The topological polar surface area (TPSA) is 68.3 Å². The molecule has 0 aliphatic carbocycles. The van der Waals surface area contributed by atoms with Crippen LogP contribution < -0.4 is 10.1 Å². The summed E-state index contributed by atoms with van der Waals surface area (Å²) >= 11 is 5.86. The van der Waals surface area contributed by atoms with E-state index >= 15 is 0 Å². The number of benzene rings is 1. The van der Waals surface area contributed by atoms with Gasteiger partial charge in [0.05, 0.1) is 12.0 Å². The second-order valence-corrected chi connectivity index (χ2v) is 5.04. The fourth-order valence-corrected chi connectivity index (χ4v) is 2.27. The van der Waals surface area contributed by atoms with E-state index in [2.05, 4.69) is 10.3 Å². The van der Waals surface area contributed by atoms with Crippen molar-refractivity contribution in [1.82, 2.24) is 4.98 Å². The Morgan fingerprint density at radius 2 is 2.05 bits per heavy atom. The molecule has 3 rings (SSSR count). The summed E-state index contributed by atoms with van der Waals surface area (Å²) in [4.78, 5) is 28.1. The molecule has 1 N–H and O–H groups in total. The molecule has 0 radical (unpaired) electrons. The number of nitrogens with one attached hydrogen (secondary N) is 1. The van der Waals surface area contributed by atoms with Gasteiger partial charge in [-0.05, 0) is 30.3 Å². The molecule has 0 bridgehead atoms. The minimum Gasteiger partial charge on any atom is -0.479 e. The summed E-state index contributed by atoms with van der Waals surface area (Å²) in [5, 5.41) is 3.16. The molecule has 2 aromatic rings. The summed E-state index contributed by atoms with van der Waals surface area (Å²) in [6.45, 7) is 0. The van der Waals surface area contributed by atoms with E-state index in [4.69, 9.17) is 16.3 Å². The molecule has 0 saturated heterocycles. The lowest BCUT2D eigenvalue weighted by atomic mass is 10.0. The lowest BCUT2D eigenvalue weighted by Crippen LogP contribution is -2.38. The fourth-order valence-electron chi connectivity index (χ4n) is 2.10. The normalized spacial score (nSPS) is 16.8. The molecule has 1 unspecified atom stereocenters. The van der Waals surface area contributed by atoms with Crippen molar-refractivity contribution in [3.8, 4) is 5.75 Å². The fraction of sp³-hybridized carbons (Fsp3) is 0.133. The number of aromatic nitrogens is 1. The van der Waals surface area contributed by atoms with E-state index in [0.717, 1.165) is 0 Å². The Labute approximate surface area is 125 Å². The number of hydrogen-bond donors (Lipinski definition) is 1. The highest BCUT2D eigenvalue weighted by atomic mass is 35.5. The number of ketones is 1. The highest BCUT2D eigenvalue weighted by Crippen LogP contribution is 2.30. The van der Waals surface area contributed by atoms with Crippen LogP contribution in [0.4, 0.5) is 5.69 Å². The summed E-state index contributed by atoms with van der Waals surface area (Å²) in [6.07, 6.45) is 2.28. The molecule has 6 heteroatoms. The Hall–Kier alpha value is -2.40. The molecule has 1 amide bonds. The first-order valence-corrected chi connectivity index (χ1v) is 6.71. The van der Waals surface area contributed by atoms with Gasteiger partial charge in [-0.3, -0.25) is 14.6 Å². The van der Waals surface area contributed by atoms with Crippen molar-refractivity contribution >= 4 is 29.0 Å². The van der Waals surface area contributed by atoms with Gasteiger partial charge in [-0.25, -0.2) is 0 Å². The number of amides is 1. The molecule has 0 saturated carbocycles. The van der Waals surface area contributed by atoms with Gasteiger partial charge in [-0.15, -0.1) is 0 Å². The van der Waals surface area contributed by atoms with Gasteiger partial charge in [-0.1, -0.05) is 11.6 Å². The van der Waals surface area contributed by atoms with Gasteiger partial charge in [-0.2, -0.15) is 0 Å². The highest BCUT2D eigenvalue weighted by Gasteiger charge is 2.31. The summed E-state index contributed by atoms with van der Waals surface area (Å²) in [6, 6.07) is 8.10. The second kappa shape index (κ2) is 5.54. The summed E-state index contributed by atoms with van der Waals surface area (Å²) in [5.41, 5.74) is 1.02. The second-order valence-electron chi connectivity index (χ2n) is 4.60. The van der Waals surface area contributed by atoms with Crippen LogP contribution in [0.25, 0.3) is 0 Å². The van der Waals surface area contributed by atoms with Gasteiger partial charge in [0.1, 0.15) is 5.75 Å². The molecule has 1 aliphatic heterocycles. The lowest BCUT2D eigenvalue weighted by Gasteiger charge is -2.24. The van der Waals surface area contributed by atoms with Gasteiger partial charge in [0.15, 0.2) is 11.9 Å². The number of hydrogen-bond acceptors (Lipinski definition) is 4. The van der Waals surface area contributed by atoms with Crippen LogP contribution >= 0.6 is 11.6 Å². The minimum atomic E-state index is -0.848. The first-order chi connectivity index (χ1) is 10.1. The Morgan fingerprint density at radius 3 is 2.81 bits per heavy atom. The van der Waals surface area contributed by atoms with Crippen molar-refractivity contribution in [2.24, 2.45) is 0 Å². The largest absolute Gasteiger partial charge is 0.479 e. The standard InChI is InChI=1S/C15H11ClN2O3/c16-9-1-2-13-11(7-9)12(19)8-14(21-13)15(20)18-10-3-5-17-6-4-10/h1-7,14H,8H2,(H,17,18,20). The molecule has 0 spiro atoms. The predicted molar refractivity (Wildman–Crippen MR) is 77.7 cm³/mol. The Bertz CT molecular complexity index is 703. The lowest BCUT2D eigenvalue weighted by molar-refractivity contribution is -0.122. The number of anilines is 1. The molecular formula is C15H11ClN2O3. The number of Topliss-reactive ketones (excluding diaryl/α,β-unsaturated/α-hetero) is 1. The molecule has 1 atom stereocenters.